The van der Waals surface area contributed by atoms with Crippen LogP contribution in [-0.4, -0.2) is 21.1 Å². The summed E-state index contributed by atoms with van der Waals surface area (Å²) in [5, 5.41) is 7.70. The molecule has 1 aromatic carbocycles. The number of nitrogens with one attached hydrogen (secondary N) is 1. The van der Waals surface area contributed by atoms with Crippen LogP contribution in [0.4, 0.5) is 5.95 Å². The maximum absolute atomic E-state index is 4.45. The number of nitrogens with zero attached hydrogens (tertiary/aromatic N) is 3. The van der Waals surface area contributed by atoms with E-state index in [9.17, 15) is 0 Å². The van der Waals surface area contributed by atoms with Gasteiger partial charge in [0, 0.05) is 12.2 Å². The largest absolute Gasteiger partial charge is 0.353 e. The van der Waals surface area contributed by atoms with Gasteiger partial charge < -0.3 is 5.32 Å². The fraction of sp³-hybridized carbons (Fsp3) is 0.200. The molecule has 0 unspecified atom stereocenters. The quantitative estimate of drug-likeness (QED) is 0.776. The highest BCUT2D eigenvalue weighted by atomic mass is 15.3. The molecule has 0 radical (unpaired) electrons. The smallest absolute Gasteiger partial charge is 0.243 e. The molecule has 0 amide bonds. The van der Waals surface area contributed by atoms with Gasteiger partial charge in [0.1, 0.15) is 0 Å². The first-order chi connectivity index (χ1) is 9.33. The van der Waals surface area contributed by atoms with Crippen molar-refractivity contribution in [1.29, 1.82) is 0 Å². The molecule has 0 aliphatic heterocycles. The SMILES string of the molecule is Cc1cccc2nc(NCCc3ccccc3)nn12. The summed E-state index contributed by atoms with van der Waals surface area (Å²) < 4.78 is 1.85. The highest BCUT2D eigenvalue weighted by molar-refractivity contribution is 5.44. The van der Waals surface area contributed by atoms with E-state index < -0.39 is 0 Å². The molecular weight excluding hydrogens is 236 g/mol. The van der Waals surface area contributed by atoms with Crippen LogP contribution in [0.25, 0.3) is 5.65 Å². The molecule has 1 N–H and O–H groups in total. The van der Waals surface area contributed by atoms with Crippen LogP contribution in [0.5, 0.6) is 0 Å². The Morgan fingerprint density at radius 2 is 1.89 bits per heavy atom. The van der Waals surface area contributed by atoms with Gasteiger partial charge in [-0.2, -0.15) is 4.98 Å². The molecule has 0 spiro atoms. The third-order valence-corrected chi connectivity index (χ3v) is 3.09. The number of benzene rings is 1. The fourth-order valence-electron chi connectivity index (χ4n) is 2.07. The van der Waals surface area contributed by atoms with Crippen molar-refractivity contribution in [1.82, 2.24) is 14.6 Å². The third kappa shape index (κ3) is 2.57. The Morgan fingerprint density at radius 3 is 2.68 bits per heavy atom. The van der Waals surface area contributed by atoms with Gasteiger partial charge in [-0.1, -0.05) is 36.4 Å². The predicted molar refractivity (Wildman–Crippen MR) is 76.4 cm³/mol. The van der Waals surface area contributed by atoms with Crippen LogP contribution >= 0.6 is 0 Å². The van der Waals surface area contributed by atoms with Gasteiger partial charge in [-0.15, -0.1) is 5.10 Å². The third-order valence-electron chi connectivity index (χ3n) is 3.09. The van der Waals surface area contributed by atoms with E-state index in [4.69, 9.17) is 0 Å². The second kappa shape index (κ2) is 5.10. The van der Waals surface area contributed by atoms with Crippen molar-refractivity contribution in [3.05, 3.63) is 59.8 Å². The van der Waals surface area contributed by atoms with Crippen molar-refractivity contribution in [2.45, 2.75) is 13.3 Å². The predicted octanol–water partition coefficient (Wildman–Crippen LogP) is 2.69. The van der Waals surface area contributed by atoms with Gasteiger partial charge in [0.2, 0.25) is 5.95 Å². The minimum Gasteiger partial charge on any atom is -0.353 e. The number of rotatable bonds is 4. The molecule has 0 atom stereocenters. The fourth-order valence-corrected chi connectivity index (χ4v) is 2.07. The monoisotopic (exact) mass is 252 g/mol. The van der Waals surface area contributed by atoms with E-state index in [0.29, 0.717) is 5.95 Å². The zero-order valence-electron chi connectivity index (χ0n) is 10.9. The Labute approximate surface area is 112 Å². The highest BCUT2D eigenvalue weighted by Gasteiger charge is 2.03. The number of hydrogen-bond acceptors (Lipinski definition) is 3. The van der Waals surface area contributed by atoms with Crippen LogP contribution in [0.15, 0.2) is 48.5 Å². The summed E-state index contributed by atoms with van der Waals surface area (Å²) in [6.45, 7) is 2.86. The standard InChI is InChI=1S/C15H16N4/c1-12-6-5-9-14-17-15(18-19(12)14)16-11-10-13-7-3-2-4-8-13/h2-9H,10-11H2,1H3,(H,16,18). The van der Waals surface area contributed by atoms with Crippen LogP contribution < -0.4 is 5.32 Å². The lowest BCUT2D eigenvalue weighted by atomic mass is 10.1. The summed E-state index contributed by atoms with van der Waals surface area (Å²) in [4.78, 5) is 4.45. The Balaban J connectivity index is 1.67. The van der Waals surface area contributed by atoms with Gasteiger partial charge in [-0.05, 0) is 31.0 Å². The van der Waals surface area contributed by atoms with Crippen molar-refractivity contribution in [3.63, 3.8) is 0 Å². The second-order valence-corrected chi connectivity index (χ2v) is 4.53. The molecule has 0 fully saturated rings. The lowest BCUT2D eigenvalue weighted by molar-refractivity contribution is 0.904. The first-order valence-electron chi connectivity index (χ1n) is 6.43. The van der Waals surface area contributed by atoms with Crippen molar-refractivity contribution < 1.29 is 0 Å². The molecule has 0 aliphatic rings. The van der Waals surface area contributed by atoms with Gasteiger partial charge in [0.25, 0.3) is 0 Å². The molecule has 2 heterocycles. The van der Waals surface area contributed by atoms with Crippen LogP contribution in [-0.2, 0) is 6.42 Å². The average molecular weight is 252 g/mol. The molecule has 2 aromatic heterocycles. The molecule has 3 aromatic rings. The minimum absolute atomic E-state index is 0.685. The van der Waals surface area contributed by atoms with Crippen molar-refractivity contribution >= 4 is 11.6 Å². The van der Waals surface area contributed by atoms with E-state index in [1.54, 1.807) is 0 Å². The Morgan fingerprint density at radius 1 is 1.05 bits per heavy atom. The summed E-state index contributed by atoms with van der Waals surface area (Å²) in [5.41, 5.74) is 3.28. The molecule has 4 heteroatoms. The van der Waals surface area contributed by atoms with E-state index in [-0.39, 0.29) is 0 Å². The van der Waals surface area contributed by atoms with E-state index in [1.807, 2.05) is 35.7 Å². The topological polar surface area (TPSA) is 42.2 Å². The van der Waals surface area contributed by atoms with E-state index in [2.05, 4.69) is 39.7 Å². The van der Waals surface area contributed by atoms with Gasteiger partial charge in [0.05, 0.1) is 0 Å². The maximum Gasteiger partial charge on any atom is 0.243 e. The Kier molecular flexibility index (Phi) is 3.14. The van der Waals surface area contributed by atoms with E-state index >= 15 is 0 Å². The summed E-state index contributed by atoms with van der Waals surface area (Å²) >= 11 is 0. The molecule has 0 aliphatic carbocycles. The number of pyridine rings is 1. The number of hydrogen-bond donors (Lipinski definition) is 1. The number of anilines is 1. The van der Waals surface area contributed by atoms with Crippen LogP contribution in [0, 0.1) is 6.92 Å². The lowest BCUT2D eigenvalue weighted by Gasteiger charge is -2.01. The first-order valence-corrected chi connectivity index (χ1v) is 6.43. The molecule has 4 nitrogen and oxygen atoms in total. The maximum atomic E-state index is 4.45. The summed E-state index contributed by atoms with van der Waals surface area (Å²) in [6, 6.07) is 16.4. The van der Waals surface area contributed by atoms with Gasteiger partial charge >= 0.3 is 0 Å². The van der Waals surface area contributed by atoms with Crippen molar-refractivity contribution in [2.75, 3.05) is 11.9 Å². The summed E-state index contributed by atoms with van der Waals surface area (Å²) in [7, 11) is 0. The molecular formula is C15H16N4. The van der Waals surface area contributed by atoms with Crippen LogP contribution in [0.2, 0.25) is 0 Å². The Hall–Kier alpha value is -2.36. The zero-order chi connectivity index (χ0) is 13.1. The van der Waals surface area contributed by atoms with Gasteiger partial charge in [0.15, 0.2) is 5.65 Å². The van der Waals surface area contributed by atoms with Gasteiger partial charge in [-0.3, -0.25) is 0 Å². The molecule has 0 bridgehead atoms. The normalized spacial score (nSPS) is 10.8. The van der Waals surface area contributed by atoms with E-state index in [0.717, 1.165) is 24.3 Å². The number of fused-ring (bicyclic) bond motifs is 1. The van der Waals surface area contributed by atoms with Crippen molar-refractivity contribution in [3.8, 4) is 0 Å². The first kappa shape index (κ1) is 11.7. The second-order valence-electron chi connectivity index (χ2n) is 4.53. The average Bonchev–Trinajstić information content (AvgIpc) is 2.84. The molecule has 0 saturated heterocycles. The molecule has 3 rings (SSSR count). The zero-order valence-corrected chi connectivity index (χ0v) is 10.9. The molecule has 19 heavy (non-hydrogen) atoms. The highest BCUT2D eigenvalue weighted by Crippen LogP contribution is 2.08. The van der Waals surface area contributed by atoms with Gasteiger partial charge in [-0.25, -0.2) is 4.52 Å². The minimum atomic E-state index is 0.685. The van der Waals surface area contributed by atoms with Crippen LogP contribution in [0.1, 0.15) is 11.3 Å². The Bertz CT molecular complexity index is 673. The number of aromatic nitrogens is 3. The van der Waals surface area contributed by atoms with Crippen LogP contribution in [0.3, 0.4) is 0 Å². The molecule has 0 saturated carbocycles. The van der Waals surface area contributed by atoms with Crippen molar-refractivity contribution in [2.24, 2.45) is 0 Å². The summed E-state index contributed by atoms with van der Waals surface area (Å²) in [6.07, 6.45) is 0.968. The lowest BCUT2D eigenvalue weighted by Crippen LogP contribution is -2.06. The number of aryl methyl sites for hydroxylation is 1. The van der Waals surface area contributed by atoms with E-state index in [1.165, 1.54) is 5.56 Å². The summed E-state index contributed by atoms with van der Waals surface area (Å²) in [5.74, 6) is 0.685. The molecule has 96 valence electrons.